The molecule has 1 aliphatic rings. The van der Waals surface area contributed by atoms with Gasteiger partial charge in [0.15, 0.2) is 0 Å². The van der Waals surface area contributed by atoms with Crippen molar-refractivity contribution < 1.29 is 28.5 Å². The highest BCUT2D eigenvalue weighted by atomic mass is 32.1. The normalized spacial score (nSPS) is 19.8. The van der Waals surface area contributed by atoms with Crippen LogP contribution in [0.3, 0.4) is 0 Å². The lowest BCUT2D eigenvalue weighted by Gasteiger charge is -2.26. The lowest BCUT2D eigenvalue weighted by molar-refractivity contribution is -0.00625. The molecular formula is C18H36N2O6S. The van der Waals surface area contributed by atoms with Gasteiger partial charge in [-0.2, -0.15) is 12.6 Å². The number of nitrogens with one attached hydrogen (secondary N) is 2. The summed E-state index contributed by atoms with van der Waals surface area (Å²) < 4.78 is 26.6. The number of alkyl carbamates (subject to hydrolysis) is 1. The molecule has 1 aliphatic carbocycles. The molecule has 9 heteroatoms. The fraction of sp³-hybridized carbons (Fsp3) is 0.944. The van der Waals surface area contributed by atoms with Crippen LogP contribution >= 0.6 is 12.6 Å². The smallest absolute Gasteiger partial charge is 0.407 e. The molecule has 0 aromatic carbocycles. The van der Waals surface area contributed by atoms with E-state index in [1.165, 1.54) is 0 Å². The van der Waals surface area contributed by atoms with E-state index in [0.29, 0.717) is 58.1 Å². The summed E-state index contributed by atoms with van der Waals surface area (Å²) >= 11 is 4.45. The van der Waals surface area contributed by atoms with E-state index >= 15 is 0 Å². The Labute approximate surface area is 168 Å². The molecule has 0 atom stereocenters. The molecule has 1 saturated carbocycles. The zero-order valence-electron chi connectivity index (χ0n) is 16.5. The minimum atomic E-state index is -0.371. The fourth-order valence-corrected chi connectivity index (χ4v) is 2.86. The summed E-state index contributed by atoms with van der Waals surface area (Å²) in [4.78, 5) is 11.7. The molecule has 0 aromatic rings. The molecule has 1 rings (SSSR count). The summed E-state index contributed by atoms with van der Waals surface area (Å²) in [6, 6.07) is 0.206. The van der Waals surface area contributed by atoms with E-state index in [0.717, 1.165) is 32.2 Å². The maximum Gasteiger partial charge on any atom is 0.407 e. The van der Waals surface area contributed by atoms with Crippen LogP contribution in [0.2, 0.25) is 0 Å². The van der Waals surface area contributed by atoms with Crippen molar-refractivity contribution in [3.8, 4) is 0 Å². The summed E-state index contributed by atoms with van der Waals surface area (Å²) in [5.74, 6) is 0. The van der Waals surface area contributed by atoms with Crippen LogP contribution in [0, 0.1) is 0 Å². The SMILES string of the molecule is CNCCOCCOCCOCCOCCOC(=O)NC1CCC(S)CC1. The Morgan fingerprint density at radius 2 is 1.30 bits per heavy atom. The number of hydrogen-bond donors (Lipinski definition) is 3. The third-order valence-corrected chi connectivity index (χ3v) is 4.61. The lowest BCUT2D eigenvalue weighted by Crippen LogP contribution is -2.38. The third-order valence-electron chi connectivity index (χ3n) is 4.09. The number of carbonyl (C=O) groups is 1. The second kappa shape index (κ2) is 17.5. The van der Waals surface area contributed by atoms with Crippen LogP contribution in [0.25, 0.3) is 0 Å². The van der Waals surface area contributed by atoms with Gasteiger partial charge in [-0.25, -0.2) is 4.79 Å². The van der Waals surface area contributed by atoms with Crippen molar-refractivity contribution in [2.45, 2.75) is 37.0 Å². The van der Waals surface area contributed by atoms with E-state index < -0.39 is 0 Å². The lowest BCUT2D eigenvalue weighted by atomic mass is 9.95. The summed E-state index contributed by atoms with van der Waals surface area (Å²) in [7, 11) is 1.89. The Morgan fingerprint density at radius 3 is 1.81 bits per heavy atom. The molecule has 0 radical (unpaired) electrons. The number of ether oxygens (including phenoxy) is 5. The number of rotatable bonds is 16. The van der Waals surface area contributed by atoms with E-state index in [-0.39, 0.29) is 18.7 Å². The summed E-state index contributed by atoms with van der Waals surface area (Å²) in [5, 5.41) is 6.36. The minimum absolute atomic E-state index is 0.206. The average Bonchev–Trinajstić information content (AvgIpc) is 2.66. The number of carbonyl (C=O) groups excluding carboxylic acids is 1. The Hall–Kier alpha value is -0.580. The highest BCUT2D eigenvalue weighted by Gasteiger charge is 2.20. The fourth-order valence-electron chi connectivity index (χ4n) is 2.56. The molecule has 0 saturated heterocycles. The molecule has 1 amide bonds. The molecule has 0 heterocycles. The highest BCUT2D eigenvalue weighted by Crippen LogP contribution is 2.22. The Kier molecular flexibility index (Phi) is 15.9. The highest BCUT2D eigenvalue weighted by molar-refractivity contribution is 7.80. The summed E-state index contributed by atoms with van der Waals surface area (Å²) in [5.41, 5.74) is 0. The maximum absolute atomic E-state index is 11.7. The first-order chi connectivity index (χ1) is 13.2. The van der Waals surface area contributed by atoms with Crippen LogP contribution in [-0.2, 0) is 23.7 Å². The first kappa shape index (κ1) is 24.5. The second-order valence-electron chi connectivity index (χ2n) is 6.34. The number of amides is 1. The first-order valence-corrected chi connectivity index (χ1v) is 10.3. The Balaban J connectivity index is 1.75. The molecule has 0 aliphatic heterocycles. The van der Waals surface area contributed by atoms with Crippen molar-refractivity contribution in [3.05, 3.63) is 0 Å². The van der Waals surface area contributed by atoms with E-state index in [4.69, 9.17) is 23.7 Å². The van der Waals surface area contributed by atoms with Crippen molar-refractivity contribution in [2.75, 3.05) is 73.1 Å². The van der Waals surface area contributed by atoms with Gasteiger partial charge in [0.1, 0.15) is 6.61 Å². The van der Waals surface area contributed by atoms with Gasteiger partial charge in [-0.05, 0) is 32.7 Å². The van der Waals surface area contributed by atoms with E-state index in [9.17, 15) is 4.79 Å². The van der Waals surface area contributed by atoms with E-state index in [2.05, 4.69) is 23.3 Å². The first-order valence-electron chi connectivity index (χ1n) is 9.79. The van der Waals surface area contributed by atoms with Crippen LogP contribution in [0.1, 0.15) is 25.7 Å². The van der Waals surface area contributed by atoms with Gasteiger partial charge in [-0.3, -0.25) is 0 Å². The number of thiol groups is 1. The zero-order valence-corrected chi connectivity index (χ0v) is 17.3. The molecule has 160 valence electrons. The standard InChI is InChI=1S/C18H36N2O6S/c1-19-6-7-22-8-9-23-10-11-24-12-13-25-14-15-26-18(21)20-16-2-4-17(27)5-3-16/h16-17,19,27H,2-15H2,1H3,(H,20,21). The molecule has 0 unspecified atom stereocenters. The van der Waals surface area contributed by atoms with Crippen molar-refractivity contribution in [1.82, 2.24) is 10.6 Å². The quantitative estimate of drug-likeness (QED) is 0.262. The topological polar surface area (TPSA) is 87.3 Å². The van der Waals surface area contributed by atoms with E-state index in [1.54, 1.807) is 0 Å². The number of likely N-dealkylation sites (N-methyl/N-ethyl adjacent to an activating group) is 1. The van der Waals surface area contributed by atoms with Gasteiger partial charge in [-0.1, -0.05) is 0 Å². The molecule has 0 aromatic heterocycles. The molecule has 0 spiro atoms. The van der Waals surface area contributed by atoms with Crippen LogP contribution in [0.4, 0.5) is 4.79 Å². The van der Waals surface area contributed by atoms with Crippen LogP contribution < -0.4 is 10.6 Å². The van der Waals surface area contributed by atoms with Gasteiger partial charge < -0.3 is 34.3 Å². The Morgan fingerprint density at radius 1 is 0.815 bits per heavy atom. The van der Waals surface area contributed by atoms with Crippen molar-refractivity contribution in [1.29, 1.82) is 0 Å². The van der Waals surface area contributed by atoms with Crippen molar-refractivity contribution >= 4 is 18.7 Å². The van der Waals surface area contributed by atoms with Gasteiger partial charge in [0.25, 0.3) is 0 Å². The predicted octanol–water partition coefficient (Wildman–Crippen LogP) is 1.24. The monoisotopic (exact) mass is 408 g/mol. The van der Waals surface area contributed by atoms with Gasteiger partial charge in [0.05, 0.1) is 52.9 Å². The molecule has 1 fully saturated rings. The van der Waals surface area contributed by atoms with Crippen LogP contribution in [0.15, 0.2) is 0 Å². The van der Waals surface area contributed by atoms with Crippen molar-refractivity contribution in [3.63, 3.8) is 0 Å². The van der Waals surface area contributed by atoms with Crippen molar-refractivity contribution in [2.24, 2.45) is 0 Å². The minimum Gasteiger partial charge on any atom is -0.447 e. The molecule has 0 bridgehead atoms. The molecular weight excluding hydrogens is 372 g/mol. The van der Waals surface area contributed by atoms with Crippen LogP contribution in [0.5, 0.6) is 0 Å². The second-order valence-corrected chi connectivity index (χ2v) is 7.07. The molecule has 8 nitrogen and oxygen atoms in total. The maximum atomic E-state index is 11.7. The van der Waals surface area contributed by atoms with E-state index in [1.807, 2.05) is 7.05 Å². The Bertz CT molecular complexity index is 357. The van der Waals surface area contributed by atoms with Gasteiger partial charge in [0.2, 0.25) is 0 Å². The van der Waals surface area contributed by atoms with Gasteiger partial charge in [-0.15, -0.1) is 0 Å². The summed E-state index contributed by atoms with van der Waals surface area (Å²) in [6.45, 7) is 5.30. The molecule has 2 N–H and O–H groups in total. The van der Waals surface area contributed by atoms with Gasteiger partial charge >= 0.3 is 6.09 Å². The zero-order chi connectivity index (χ0) is 19.6. The predicted molar refractivity (Wildman–Crippen MR) is 107 cm³/mol. The molecule has 27 heavy (non-hydrogen) atoms. The number of hydrogen-bond acceptors (Lipinski definition) is 8. The summed E-state index contributed by atoms with van der Waals surface area (Å²) in [6.07, 6.45) is 3.62. The van der Waals surface area contributed by atoms with Gasteiger partial charge in [0, 0.05) is 17.8 Å². The average molecular weight is 409 g/mol. The largest absolute Gasteiger partial charge is 0.447 e. The van der Waals surface area contributed by atoms with Crippen LogP contribution in [-0.4, -0.2) is 90.4 Å². The third kappa shape index (κ3) is 15.1.